The van der Waals surface area contributed by atoms with Crippen LogP contribution >= 0.6 is 0 Å². The van der Waals surface area contributed by atoms with Crippen LogP contribution < -0.4 is 0 Å². The van der Waals surface area contributed by atoms with E-state index in [4.69, 9.17) is 9.84 Å². The number of aliphatic hydroxyl groups excluding tert-OH is 1. The van der Waals surface area contributed by atoms with Crippen molar-refractivity contribution in [3.63, 3.8) is 0 Å². The summed E-state index contributed by atoms with van der Waals surface area (Å²) < 4.78 is 4.87. The first-order chi connectivity index (χ1) is 4.22. The van der Waals surface area contributed by atoms with Crippen LogP contribution in [0, 0.1) is 0 Å². The molecular weight excluding hydrogens is 116 g/mol. The third kappa shape index (κ3) is 3.27. The van der Waals surface area contributed by atoms with E-state index in [1.54, 1.807) is 13.2 Å². The molecule has 0 aliphatic carbocycles. The van der Waals surface area contributed by atoms with Crippen molar-refractivity contribution < 1.29 is 9.84 Å². The minimum Gasteiger partial charge on any atom is -0.390 e. The first kappa shape index (κ1) is 8.66. The molecule has 0 aliphatic rings. The standard InChI is InChI=1S/C7H14O2/c1-4-5-7(8)6(2)9-3/h4,6-8H,1,5H2,2-3H3/t6-,7+/m0/s1. The lowest BCUT2D eigenvalue weighted by atomic mass is 10.2. The van der Waals surface area contributed by atoms with Gasteiger partial charge in [-0.25, -0.2) is 0 Å². The Morgan fingerprint density at radius 3 is 2.67 bits per heavy atom. The summed E-state index contributed by atoms with van der Waals surface area (Å²) in [5, 5.41) is 9.12. The van der Waals surface area contributed by atoms with Crippen LogP contribution in [0.4, 0.5) is 0 Å². The second-order valence-electron chi connectivity index (χ2n) is 2.03. The summed E-state index contributed by atoms with van der Waals surface area (Å²) in [6.45, 7) is 5.33. The summed E-state index contributed by atoms with van der Waals surface area (Å²) in [6.07, 6.45) is 1.77. The second kappa shape index (κ2) is 4.53. The van der Waals surface area contributed by atoms with Crippen molar-refractivity contribution in [1.29, 1.82) is 0 Å². The first-order valence-corrected chi connectivity index (χ1v) is 3.04. The van der Waals surface area contributed by atoms with Gasteiger partial charge in [-0.3, -0.25) is 0 Å². The van der Waals surface area contributed by atoms with Gasteiger partial charge in [0.25, 0.3) is 0 Å². The Hall–Kier alpha value is -0.340. The van der Waals surface area contributed by atoms with Gasteiger partial charge in [-0.15, -0.1) is 6.58 Å². The largest absolute Gasteiger partial charge is 0.390 e. The zero-order valence-electron chi connectivity index (χ0n) is 6.00. The number of aliphatic hydroxyl groups is 1. The molecule has 0 fully saturated rings. The van der Waals surface area contributed by atoms with E-state index in [2.05, 4.69) is 6.58 Å². The SMILES string of the molecule is C=CC[C@@H](O)[C@H](C)OC. The van der Waals surface area contributed by atoms with Crippen molar-refractivity contribution >= 4 is 0 Å². The molecule has 0 amide bonds. The van der Waals surface area contributed by atoms with Crippen LogP contribution in [0.5, 0.6) is 0 Å². The molecule has 0 aliphatic heterocycles. The molecule has 0 bridgehead atoms. The monoisotopic (exact) mass is 130 g/mol. The maximum Gasteiger partial charge on any atom is 0.0833 e. The maximum absolute atomic E-state index is 9.12. The highest BCUT2D eigenvalue weighted by atomic mass is 16.5. The van der Waals surface area contributed by atoms with E-state index in [0.29, 0.717) is 6.42 Å². The van der Waals surface area contributed by atoms with Crippen LogP contribution in [-0.2, 0) is 4.74 Å². The Kier molecular flexibility index (Phi) is 4.36. The van der Waals surface area contributed by atoms with Crippen molar-refractivity contribution in [3.8, 4) is 0 Å². The minimum atomic E-state index is -0.410. The summed E-state index contributed by atoms with van der Waals surface area (Å²) in [6, 6.07) is 0. The van der Waals surface area contributed by atoms with E-state index < -0.39 is 6.10 Å². The molecule has 0 unspecified atom stereocenters. The molecule has 54 valence electrons. The predicted molar refractivity (Wildman–Crippen MR) is 37.3 cm³/mol. The zero-order valence-corrected chi connectivity index (χ0v) is 6.00. The number of methoxy groups -OCH3 is 1. The predicted octanol–water partition coefficient (Wildman–Crippen LogP) is 0.958. The zero-order chi connectivity index (χ0) is 7.28. The average molecular weight is 130 g/mol. The summed E-state index contributed by atoms with van der Waals surface area (Å²) in [7, 11) is 1.58. The summed E-state index contributed by atoms with van der Waals surface area (Å²) >= 11 is 0. The molecule has 0 radical (unpaired) electrons. The van der Waals surface area contributed by atoms with Crippen LogP contribution in [0.2, 0.25) is 0 Å². The molecule has 0 saturated heterocycles. The Morgan fingerprint density at radius 2 is 2.33 bits per heavy atom. The van der Waals surface area contributed by atoms with Gasteiger partial charge < -0.3 is 9.84 Å². The van der Waals surface area contributed by atoms with Gasteiger partial charge in [0.15, 0.2) is 0 Å². The van der Waals surface area contributed by atoms with Crippen LogP contribution in [0.15, 0.2) is 12.7 Å². The van der Waals surface area contributed by atoms with Crippen LogP contribution in [-0.4, -0.2) is 24.4 Å². The number of hydrogen-bond donors (Lipinski definition) is 1. The smallest absolute Gasteiger partial charge is 0.0833 e. The van der Waals surface area contributed by atoms with E-state index in [1.165, 1.54) is 0 Å². The molecule has 2 heteroatoms. The molecule has 2 atom stereocenters. The molecule has 0 saturated carbocycles. The normalized spacial score (nSPS) is 16.8. The quantitative estimate of drug-likeness (QED) is 0.574. The van der Waals surface area contributed by atoms with Gasteiger partial charge in [-0.1, -0.05) is 6.08 Å². The Bertz CT molecular complexity index is 81.0. The Morgan fingerprint density at radius 1 is 1.78 bits per heavy atom. The van der Waals surface area contributed by atoms with Crippen LogP contribution in [0.3, 0.4) is 0 Å². The molecule has 0 aromatic heterocycles. The number of rotatable bonds is 4. The molecule has 0 heterocycles. The Balaban J connectivity index is 3.44. The topological polar surface area (TPSA) is 29.5 Å². The summed E-state index contributed by atoms with van der Waals surface area (Å²) in [5.41, 5.74) is 0. The van der Waals surface area contributed by atoms with Crippen LogP contribution in [0.25, 0.3) is 0 Å². The molecule has 1 N–H and O–H groups in total. The third-order valence-corrected chi connectivity index (χ3v) is 1.32. The minimum absolute atomic E-state index is 0.0944. The molecule has 0 aromatic carbocycles. The van der Waals surface area contributed by atoms with Gasteiger partial charge in [-0.05, 0) is 13.3 Å². The lowest BCUT2D eigenvalue weighted by Gasteiger charge is -2.14. The van der Waals surface area contributed by atoms with E-state index >= 15 is 0 Å². The Labute approximate surface area is 56.1 Å². The lowest BCUT2D eigenvalue weighted by Crippen LogP contribution is -2.23. The molecule has 0 spiro atoms. The second-order valence-corrected chi connectivity index (χ2v) is 2.03. The molecule has 9 heavy (non-hydrogen) atoms. The van der Waals surface area contributed by atoms with Crippen molar-refractivity contribution in [2.45, 2.75) is 25.6 Å². The first-order valence-electron chi connectivity index (χ1n) is 3.04. The van der Waals surface area contributed by atoms with Crippen molar-refractivity contribution in [1.82, 2.24) is 0 Å². The maximum atomic E-state index is 9.12. The van der Waals surface area contributed by atoms with Crippen LogP contribution in [0.1, 0.15) is 13.3 Å². The molecular formula is C7H14O2. The fourth-order valence-corrected chi connectivity index (χ4v) is 0.519. The van der Waals surface area contributed by atoms with E-state index in [9.17, 15) is 0 Å². The highest BCUT2D eigenvalue weighted by molar-refractivity contribution is 4.75. The average Bonchev–Trinajstić information content (AvgIpc) is 1.87. The van der Waals surface area contributed by atoms with Gasteiger partial charge in [0, 0.05) is 7.11 Å². The van der Waals surface area contributed by atoms with Crippen molar-refractivity contribution in [2.24, 2.45) is 0 Å². The fraction of sp³-hybridized carbons (Fsp3) is 0.714. The summed E-state index contributed by atoms with van der Waals surface area (Å²) in [5.74, 6) is 0. The van der Waals surface area contributed by atoms with Gasteiger partial charge in [0.05, 0.1) is 12.2 Å². The van der Waals surface area contributed by atoms with Gasteiger partial charge in [0.1, 0.15) is 0 Å². The summed E-state index contributed by atoms with van der Waals surface area (Å²) in [4.78, 5) is 0. The molecule has 2 nitrogen and oxygen atoms in total. The third-order valence-electron chi connectivity index (χ3n) is 1.32. The van der Waals surface area contributed by atoms with E-state index in [0.717, 1.165) is 0 Å². The lowest BCUT2D eigenvalue weighted by molar-refractivity contribution is 0.00179. The van der Waals surface area contributed by atoms with Gasteiger partial charge in [-0.2, -0.15) is 0 Å². The van der Waals surface area contributed by atoms with Gasteiger partial charge >= 0.3 is 0 Å². The molecule has 0 rings (SSSR count). The van der Waals surface area contributed by atoms with Gasteiger partial charge in [0.2, 0.25) is 0 Å². The van der Waals surface area contributed by atoms with E-state index in [1.807, 2.05) is 6.92 Å². The van der Waals surface area contributed by atoms with Crippen molar-refractivity contribution in [3.05, 3.63) is 12.7 Å². The number of hydrogen-bond acceptors (Lipinski definition) is 2. The number of ether oxygens (including phenoxy) is 1. The highest BCUT2D eigenvalue weighted by Crippen LogP contribution is 2.01. The van der Waals surface area contributed by atoms with E-state index in [-0.39, 0.29) is 6.10 Å². The highest BCUT2D eigenvalue weighted by Gasteiger charge is 2.09. The molecule has 0 aromatic rings. The van der Waals surface area contributed by atoms with Crippen molar-refractivity contribution in [2.75, 3.05) is 7.11 Å². The fourth-order valence-electron chi connectivity index (χ4n) is 0.519.